The van der Waals surface area contributed by atoms with Crippen LogP contribution in [0.1, 0.15) is 22.3 Å². The van der Waals surface area contributed by atoms with Crippen molar-refractivity contribution < 1.29 is 19.8 Å². The first-order valence-corrected chi connectivity index (χ1v) is 7.18. The van der Waals surface area contributed by atoms with Crippen LogP contribution in [0.15, 0.2) is 18.2 Å². The summed E-state index contributed by atoms with van der Waals surface area (Å²) >= 11 is 1.51. The van der Waals surface area contributed by atoms with E-state index in [0.29, 0.717) is 17.7 Å². The first kappa shape index (κ1) is 15.4. The summed E-state index contributed by atoms with van der Waals surface area (Å²) in [6, 6.07) is 3.83. The molecule has 0 fully saturated rings. The number of phenols is 1. The van der Waals surface area contributed by atoms with E-state index in [1.807, 2.05) is 6.26 Å². The minimum atomic E-state index is -1.07. The maximum atomic E-state index is 12.0. The zero-order valence-corrected chi connectivity index (χ0v) is 11.7. The third-order valence-corrected chi connectivity index (χ3v) is 3.34. The Hall–Kier alpha value is -1.69. The third-order valence-electron chi connectivity index (χ3n) is 2.70. The van der Waals surface area contributed by atoms with Crippen molar-refractivity contribution in [3.63, 3.8) is 0 Å². The van der Waals surface area contributed by atoms with Crippen molar-refractivity contribution in [2.45, 2.75) is 19.4 Å². The number of carboxylic acid groups (broad SMARTS) is 1. The number of phenolic OH excluding ortho intramolecular Hbond substituents is 1. The van der Waals surface area contributed by atoms with Gasteiger partial charge in [0.1, 0.15) is 11.8 Å². The number of carboxylic acids is 1. The molecule has 104 valence electrons. The van der Waals surface area contributed by atoms with Crippen LogP contribution in [0.2, 0.25) is 0 Å². The van der Waals surface area contributed by atoms with Gasteiger partial charge in [-0.3, -0.25) is 4.79 Å². The van der Waals surface area contributed by atoms with E-state index >= 15 is 0 Å². The van der Waals surface area contributed by atoms with Gasteiger partial charge in [0, 0.05) is 0 Å². The molecular weight excluding hydrogens is 266 g/mol. The monoisotopic (exact) mass is 283 g/mol. The number of hydrogen-bond acceptors (Lipinski definition) is 4. The van der Waals surface area contributed by atoms with E-state index in [1.165, 1.54) is 17.8 Å². The summed E-state index contributed by atoms with van der Waals surface area (Å²) in [6.07, 6.45) is 2.21. The van der Waals surface area contributed by atoms with Crippen LogP contribution in [0.4, 0.5) is 0 Å². The van der Waals surface area contributed by atoms with Crippen LogP contribution >= 0.6 is 11.8 Å². The Morgan fingerprint density at radius 2 is 2.11 bits per heavy atom. The Labute approximate surface area is 116 Å². The lowest BCUT2D eigenvalue weighted by Crippen LogP contribution is -2.41. The van der Waals surface area contributed by atoms with E-state index in [4.69, 9.17) is 5.11 Å². The van der Waals surface area contributed by atoms with E-state index in [2.05, 4.69) is 5.32 Å². The zero-order chi connectivity index (χ0) is 14.4. The van der Waals surface area contributed by atoms with Crippen LogP contribution in [-0.2, 0) is 4.79 Å². The normalized spacial score (nSPS) is 11.9. The van der Waals surface area contributed by atoms with Crippen molar-refractivity contribution >= 4 is 23.6 Å². The van der Waals surface area contributed by atoms with Crippen LogP contribution < -0.4 is 5.32 Å². The summed E-state index contributed by atoms with van der Waals surface area (Å²) in [4.78, 5) is 23.0. The summed E-state index contributed by atoms with van der Waals surface area (Å²) in [5, 5.41) is 21.2. The van der Waals surface area contributed by atoms with Gasteiger partial charge in [-0.05, 0) is 37.0 Å². The molecule has 1 amide bonds. The number of aromatic hydroxyl groups is 1. The van der Waals surface area contributed by atoms with Gasteiger partial charge in [-0.2, -0.15) is 11.8 Å². The number of amides is 1. The molecule has 1 aromatic rings. The van der Waals surface area contributed by atoms with Gasteiger partial charge in [0.15, 0.2) is 0 Å². The lowest BCUT2D eigenvalue weighted by atomic mass is 10.1. The molecule has 0 unspecified atom stereocenters. The van der Waals surface area contributed by atoms with Gasteiger partial charge in [-0.15, -0.1) is 0 Å². The highest BCUT2D eigenvalue weighted by Gasteiger charge is 2.21. The van der Waals surface area contributed by atoms with E-state index < -0.39 is 17.9 Å². The molecule has 0 bridgehead atoms. The molecular formula is C13H17NO4S. The van der Waals surface area contributed by atoms with Crippen LogP contribution in [0.5, 0.6) is 5.75 Å². The Morgan fingerprint density at radius 3 is 2.68 bits per heavy atom. The molecule has 1 aromatic carbocycles. The predicted octanol–water partition coefficient (Wildman–Crippen LogP) is 1.64. The molecule has 6 heteroatoms. The zero-order valence-electron chi connectivity index (χ0n) is 10.8. The standard InChI is InChI=1S/C13H17NO4S/c1-8-4-3-5-9(11(8)15)12(16)14-10(13(17)18)6-7-19-2/h3-5,10,15H,6-7H2,1-2H3,(H,14,16)(H,17,18)/t10-/m1/s1. The number of benzene rings is 1. The number of nitrogens with one attached hydrogen (secondary N) is 1. The second kappa shape index (κ2) is 7.04. The highest BCUT2D eigenvalue weighted by molar-refractivity contribution is 7.98. The molecule has 0 aromatic heterocycles. The molecule has 0 saturated heterocycles. The molecule has 0 aliphatic rings. The molecule has 0 aliphatic heterocycles. The van der Waals surface area contributed by atoms with Crippen LogP contribution in [0.25, 0.3) is 0 Å². The van der Waals surface area contributed by atoms with E-state index in [-0.39, 0.29) is 11.3 Å². The molecule has 5 nitrogen and oxygen atoms in total. The Kier molecular flexibility index (Phi) is 5.69. The molecule has 0 aliphatic carbocycles. The largest absolute Gasteiger partial charge is 0.507 e. The van der Waals surface area contributed by atoms with Gasteiger partial charge in [-0.1, -0.05) is 12.1 Å². The predicted molar refractivity (Wildman–Crippen MR) is 74.7 cm³/mol. The number of para-hydroxylation sites is 1. The molecule has 3 N–H and O–H groups in total. The Bertz CT molecular complexity index is 476. The number of aliphatic carboxylic acids is 1. The van der Waals surface area contributed by atoms with Gasteiger partial charge in [0.25, 0.3) is 5.91 Å². The van der Waals surface area contributed by atoms with Crippen molar-refractivity contribution in [3.05, 3.63) is 29.3 Å². The lowest BCUT2D eigenvalue weighted by Gasteiger charge is -2.15. The minimum absolute atomic E-state index is 0.0930. The molecule has 0 radical (unpaired) electrons. The van der Waals surface area contributed by atoms with Gasteiger partial charge >= 0.3 is 5.97 Å². The van der Waals surface area contributed by atoms with E-state index in [1.54, 1.807) is 19.1 Å². The number of carbonyl (C=O) groups is 2. The molecule has 1 rings (SSSR count). The highest BCUT2D eigenvalue weighted by atomic mass is 32.2. The van der Waals surface area contributed by atoms with E-state index in [9.17, 15) is 14.7 Å². The molecule has 0 spiro atoms. The molecule has 1 atom stereocenters. The fourth-order valence-electron chi connectivity index (χ4n) is 1.57. The van der Waals surface area contributed by atoms with Crippen molar-refractivity contribution in [2.24, 2.45) is 0 Å². The first-order valence-electron chi connectivity index (χ1n) is 5.78. The van der Waals surface area contributed by atoms with Crippen LogP contribution in [0, 0.1) is 6.92 Å². The fraction of sp³-hybridized carbons (Fsp3) is 0.385. The van der Waals surface area contributed by atoms with Gasteiger partial charge in [0.05, 0.1) is 5.56 Å². The van der Waals surface area contributed by atoms with Crippen molar-refractivity contribution in [1.82, 2.24) is 5.32 Å². The van der Waals surface area contributed by atoms with E-state index in [0.717, 1.165) is 0 Å². The van der Waals surface area contributed by atoms with Crippen molar-refractivity contribution in [3.8, 4) is 5.75 Å². The summed E-state index contributed by atoms with van der Waals surface area (Å²) in [5.74, 6) is -1.13. The Morgan fingerprint density at radius 1 is 1.42 bits per heavy atom. The van der Waals surface area contributed by atoms with Crippen LogP contribution in [-0.4, -0.2) is 40.1 Å². The van der Waals surface area contributed by atoms with Gasteiger partial charge in [0.2, 0.25) is 0 Å². The SMILES string of the molecule is CSCC[C@@H](NC(=O)c1cccc(C)c1O)C(=O)O. The molecule has 19 heavy (non-hydrogen) atoms. The molecule has 0 saturated carbocycles. The quantitative estimate of drug-likeness (QED) is 0.739. The number of hydrogen-bond donors (Lipinski definition) is 3. The summed E-state index contributed by atoms with van der Waals surface area (Å²) in [5.41, 5.74) is 0.666. The van der Waals surface area contributed by atoms with Crippen LogP contribution in [0.3, 0.4) is 0 Å². The second-order valence-electron chi connectivity index (χ2n) is 4.12. The maximum Gasteiger partial charge on any atom is 0.326 e. The summed E-state index contributed by atoms with van der Waals surface area (Å²) in [6.45, 7) is 1.68. The van der Waals surface area contributed by atoms with Gasteiger partial charge < -0.3 is 15.5 Å². The fourth-order valence-corrected chi connectivity index (χ4v) is 2.04. The van der Waals surface area contributed by atoms with Crippen molar-refractivity contribution in [2.75, 3.05) is 12.0 Å². The number of carbonyl (C=O) groups excluding carboxylic acids is 1. The number of thioether (sulfide) groups is 1. The first-order chi connectivity index (χ1) is 8.97. The third kappa shape index (κ3) is 4.17. The Balaban J connectivity index is 2.82. The summed E-state index contributed by atoms with van der Waals surface area (Å²) < 4.78 is 0. The topological polar surface area (TPSA) is 86.6 Å². The summed E-state index contributed by atoms with van der Waals surface area (Å²) in [7, 11) is 0. The highest BCUT2D eigenvalue weighted by Crippen LogP contribution is 2.21. The average Bonchev–Trinajstić information content (AvgIpc) is 2.37. The molecule has 0 heterocycles. The second-order valence-corrected chi connectivity index (χ2v) is 5.10. The minimum Gasteiger partial charge on any atom is -0.507 e. The van der Waals surface area contributed by atoms with Crippen molar-refractivity contribution in [1.29, 1.82) is 0 Å². The number of rotatable bonds is 6. The maximum absolute atomic E-state index is 12.0. The number of aryl methyl sites for hydroxylation is 1. The smallest absolute Gasteiger partial charge is 0.326 e. The average molecular weight is 283 g/mol. The lowest BCUT2D eigenvalue weighted by molar-refractivity contribution is -0.139. The van der Waals surface area contributed by atoms with Gasteiger partial charge in [-0.25, -0.2) is 4.79 Å².